The lowest BCUT2D eigenvalue weighted by molar-refractivity contribution is -0.123. The van der Waals surface area contributed by atoms with Crippen molar-refractivity contribution in [2.45, 2.75) is 64.7 Å². The number of nitrogens with zero attached hydrogens (tertiary/aromatic N) is 2. The average molecular weight is 522 g/mol. The fourth-order valence-corrected chi connectivity index (χ4v) is 5.60. The Kier molecular flexibility index (Phi) is 9.63. The molecule has 1 saturated heterocycles. The quantitative estimate of drug-likeness (QED) is 0.481. The third-order valence-electron chi connectivity index (χ3n) is 7.89. The van der Waals surface area contributed by atoms with Crippen LogP contribution in [0.4, 0.5) is 16.2 Å². The van der Waals surface area contributed by atoms with Crippen LogP contribution in [-0.2, 0) is 22.6 Å². The first kappa shape index (κ1) is 27.9. The number of hydrogen-bond acceptors (Lipinski definition) is 6. The molecular weight excluding hydrogens is 478 g/mol. The number of rotatable bonds is 8. The van der Waals surface area contributed by atoms with Crippen LogP contribution in [0.3, 0.4) is 0 Å². The Bertz CT molecular complexity index is 1100. The van der Waals surface area contributed by atoms with E-state index in [0.717, 1.165) is 68.8 Å². The summed E-state index contributed by atoms with van der Waals surface area (Å²) >= 11 is 0. The van der Waals surface area contributed by atoms with Gasteiger partial charge in [0.25, 0.3) is 0 Å². The van der Waals surface area contributed by atoms with Crippen LogP contribution in [0.25, 0.3) is 0 Å². The highest BCUT2D eigenvalue weighted by molar-refractivity contribution is 5.94. The van der Waals surface area contributed by atoms with E-state index < -0.39 is 6.09 Å². The molecule has 2 aromatic rings. The minimum atomic E-state index is -0.438. The van der Waals surface area contributed by atoms with E-state index in [1.165, 1.54) is 18.2 Å². The molecule has 1 saturated carbocycles. The second-order valence-electron chi connectivity index (χ2n) is 10.8. The molecule has 0 spiro atoms. The predicted molar refractivity (Wildman–Crippen MR) is 152 cm³/mol. The first-order chi connectivity index (χ1) is 18.3. The lowest BCUT2D eigenvalue weighted by atomic mass is 9.85. The fraction of sp³-hybridized carbons (Fsp3) is 0.533. The van der Waals surface area contributed by atoms with Crippen molar-refractivity contribution < 1.29 is 14.3 Å². The number of nitrogens with one attached hydrogen (secondary N) is 3. The summed E-state index contributed by atoms with van der Waals surface area (Å²) in [4.78, 5) is 29.0. The molecule has 0 aromatic heterocycles. The fourth-order valence-electron chi connectivity index (χ4n) is 5.60. The molecule has 38 heavy (non-hydrogen) atoms. The highest BCUT2D eigenvalue weighted by atomic mass is 16.5. The van der Waals surface area contributed by atoms with Crippen molar-refractivity contribution in [1.82, 2.24) is 15.5 Å². The minimum Gasteiger partial charge on any atom is -0.453 e. The molecule has 8 nitrogen and oxygen atoms in total. The molecule has 0 bridgehead atoms. The van der Waals surface area contributed by atoms with Gasteiger partial charge in [0, 0.05) is 69.1 Å². The standard InChI is InChI=1S/C30H43N5O3/c1-21-16-28(13-10-25(21)20-35-15-14-31-22(2)19-35)34(3)29(36)24-8-11-26(12-9-24)33-27-7-5-6-23(17-27)18-32-30(37)38-4/h5-7,10,13,16-17,22,24,26,31,33H,8-9,11-12,14-15,18-20H2,1-4H3,(H,32,37). The van der Waals surface area contributed by atoms with Crippen LogP contribution in [0.2, 0.25) is 0 Å². The Morgan fingerprint density at radius 2 is 1.92 bits per heavy atom. The number of alkyl carbamates (subject to hydrolysis) is 1. The molecule has 2 fully saturated rings. The van der Waals surface area contributed by atoms with Crippen LogP contribution in [0, 0.1) is 12.8 Å². The molecule has 2 amide bonds. The monoisotopic (exact) mass is 521 g/mol. The highest BCUT2D eigenvalue weighted by Gasteiger charge is 2.29. The number of carbonyl (C=O) groups is 2. The molecule has 1 heterocycles. The number of anilines is 2. The van der Waals surface area contributed by atoms with E-state index in [2.05, 4.69) is 63.7 Å². The predicted octanol–water partition coefficient (Wildman–Crippen LogP) is 4.28. The van der Waals surface area contributed by atoms with E-state index in [0.29, 0.717) is 18.6 Å². The summed E-state index contributed by atoms with van der Waals surface area (Å²) in [7, 11) is 3.27. The molecule has 2 aromatic carbocycles. The van der Waals surface area contributed by atoms with E-state index in [1.807, 2.05) is 30.1 Å². The van der Waals surface area contributed by atoms with E-state index in [1.54, 1.807) is 0 Å². The summed E-state index contributed by atoms with van der Waals surface area (Å²) in [5, 5.41) is 9.83. The number of aryl methyl sites for hydroxylation is 1. The largest absolute Gasteiger partial charge is 0.453 e. The van der Waals surface area contributed by atoms with Gasteiger partial charge in [-0.3, -0.25) is 9.69 Å². The van der Waals surface area contributed by atoms with Crippen LogP contribution in [0.15, 0.2) is 42.5 Å². The summed E-state index contributed by atoms with van der Waals surface area (Å²) < 4.78 is 4.64. The highest BCUT2D eigenvalue weighted by Crippen LogP contribution is 2.30. The van der Waals surface area contributed by atoms with E-state index in [4.69, 9.17) is 0 Å². The Morgan fingerprint density at radius 3 is 2.63 bits per heavy atom. The molecule has 1 aliphatic carbocycles. The van der Waals surface area contributed by atoms with Crippen molar-refractivity contribution in [2.24, 2.45) is 5.92 Å². The lowest BCUT2D eigenvalue weighted by Gasteiger charge is -2.33. The van der Waals surface area contributed by atoms with Crippen molar-refractivity contribution in [3.8, 4) is 0 Å². The molecule has 4 rings (SSSR count). The van der Waals surface area contributed by atoms with Gasteiger partial charge in [-0.2, -0.15) is 0 Å². The van der Waals surface area contributed by atoms with E-state index in [-0.39, 0.29) is 11.8 Å². The number of hydrogen-bond donors (Lipinski definition) is 3. The Labute approximate surface area is 227 Å². The van der Waals surface area contributed by atoms with E-state index >= 15 is 0 Å². The molecule has 1 atom stereocenters. The zero-order valence-corrected chi connectivity index (χ0v) is 23.3. The Balaban J connectivity index is 1.27. The van der Waals surface area contributed by atoms with Gasteiger partial charge in [-0.05, 0) is 80.5 Å². The molecule has 206 valence electrons. The van der Waals surface area contributed by atoms with Crippen LogP contribution in [-0.4, -0.2) is 62.8 Å². The van der Waals surface area contributed by atoms with Crippen molar-refractivity contribution in [1.29, 1.82) is 0 Å². The maximum atomic E-state index is 13.4. The van der Waals surface area contributed by atoms with Crippen LogP contribution < -0.4 is 20.9 Å². The zero-order valence-electron chi connectivity index (χ0n) is 23.3. The summed E-state index contributed by atoms with van der Waals surface area (Å²) in [5.41, 5.74) is 5.59. The van der Waals surface area contributed by atoms with E-state index in [9.17, 15) is 9.59 Å². The number of amides is 2. The van der Waals surface area contributed by atoms with Gasteiger partial charge in [-0.1, -0.05) is 18.2 Å². The number of ether oxygens (including phenoxy) is 1. The smallest absolute Gasteiger partial charge is 0.407 e. The minimum absolute atomic E-state index is 0.0518. The van der Waals surface area contributed by atoms with Crippen LogP contribution in [0.1, 0.15) is 49.3 Å². The van der Waals surface area contributed by atoms with Gasteiger partial charge in [0.15, 0.2) is 0 Å². The van der Waals surface area contributed by atoms with Gasteiger partial charge in [0.05, 0.1) is 7.11 Å². The summed E-state index contributed by atoms with van der Waals surface area (Å²) in [6.45, 7) is 8.93. The summed E-state index contributed by atoms with van der Waals surface area (Å²) in [5.74, 6) is 0.262. The second kappa shape index (κ2) is 13.1. The van der Waals surface area contributed by atoms with Crippen molar-refractivity contribution in [3.05, 3.63) is 59.2 Å². The van der Waals surface area contributed by atoms with Gasteiger partial charge >= 0.3 is 6.09 Å². The zero-order chi connectivity index (χ0) is 27.1. The Morgan fingerprint density at radius 1 is 1.13 bits per heavy atom. The lowest BCUT2D eigenvalue weighted by Crippen LogP contribution is -2.48. The maximum Gasteiger partial charge on any atom is 0.407 e. The molecular formula is C30H43N5O3. The average Bonchev–Trinajstić information content (AvgIpc) is 2.92. The molecule has 1 unspecified atom stereocenters. The molecule has 0 radical (unpaired) electrons. The topological polar surface area (TPSA) is 85.9 Å². The van der Waals surface area contributed by atoms with Crippen molar-refractivity contribution in [2.75, 3.05) is 44.0 Å². The van der Waals surface area contributed by atoms with Gasteiger partial charge in [0.2, 0.25) is 5.91 Å². The molecule has 2 aliphatic rings. The summed E-state index contributed by atoms with van der Waals surface area (Å²) in [6, 6.07) is 15.4. The summed E-state index contributed by atoms with van der Waals surface area (Å²) in [6.07, 6.45) is 3.23. The van der Waals surface area contributed by atoms with Gasteiger partial charge in [-0.25, -0.2) is 4.79 Å². The van der Waals surface area contributed by atoms with Crippen LogP contribution >= 0.6 is 0 Å². The SMILES string of the molecule is COC(=O)NCc1cccc(NC2CCC(C(=O)N(C)c3ccc(CN4CCNC(C)C4)c(C)c3)CC2)c1. The molecule has 1 aliphatic heterocycles. The van der Waals surface area contributed by atoms with Crippen molar-refractivity contribution in [3.63, 3.8) is 0 Å². The first-order valence-electron chi connectivity index (χ1n) is 13.8. The molecule has 3 N–H and O–H groups in total. The third-order valence-corrected chi connectivity index (χ3v) is 7.89. The second-order valence-corrected chi connectivity index (χ2v) is 10.8. The number of benzene rings is 2. The van der Waals surface area contributed by atoms with Gasteiger partial charge in [0.1, 0.15) is 0 Å². The number of carbonyl (C=O) groups excluding carboxylic acids is 2. The molecule has 8 heteroatoms. The Hall–Kier alpha value is -3.10. The number of piperazine rings is 1. The van der Waals surface area contributed by atoms with Gasteiger partial charge < -0.3 is 25.6 Å². The first-order valence-corrected chi connectivity index (χ1v) is 13.8. The van der Waals surface area contributed by atoms with Crippen LogP contribution in [0.5, 0.6) is 0 Å². The maximum absolute atomic E-state index is 13.4. The van der Waals surface area contributed by atoms with Gasteiger partial charge in [-0.15, -0.1) is 0 Å². The number of methoxy groups -OCH3 is 1. The normalized spacial score (nSPS) is 21.9. The third kappa shape index (κ3) is 7.48. The van der Waals surface area contributed by atoms with Crippen molar-refractivity contribution >= 4 is 23.4 Å².